The van der Waals surface area contributed by atoms with Crippen LogP contribution in [0.15, 0.2) is 17.2 Å². The van der Waals surface area contributed by atoms with Gasteiger partial charge >= 0.3 is 6.03 Å². The number of hydrogen-bond donors (Lipinski definition) is 2. The fourth-order valence-electron chi connectivity index (χ4n) is 4.30. The normalized spacial score (nSPS) is 30.9. The van der Waals surface area contributed by atoms with Crippen LogP contribution in [0.5, 0.6) is 0 Å². The van der Waals surface area contributed by atoms with Gasteiger partial charge in [0.2, 0.25) is 0 Å². The summed E-state index contributed by atoms with van der Waals surface area (Å²) in [5.74, 6) is 0. The van der Waals surface area contributed by atoms with Gasteiger partial charge in [0, 0.05) is 22.8 Å². The Kier molecular flexibility index (Phi) is 5.90. The Morgan fingerprint density at radius 2 is 1.89 bits per heavy atom. The molecule has 3 aliphatic rings. The molecule has 1 saturated carbocycles. The molecule has 0 radical (unpaired) electrons. The van der Waals surface area contributed by atoms with E-state index in [1.54, 1.807) is 11.8 Å². The molecule has 3 fully saturated rings. The van der Waals surface area contributed by atoms with Crippen LogP contribution in [0.1, 0.15) is 43.4 Å². The van der Waals surface area contributed by atoms with Crippen molar-refractivity contribution in [1.82, 2.24) is 15.6 Å². The van der Waals surface area contributed by atoms with Crippen LogP contribution in [0.25, 0.3) is 0 Å². The summed E-state index contributed by atoms with van der Waals surface area (Å²) in [7, 11) is 0. The standard InChI is InChI=1S/C20H29N3O3S/c1-12-8-13(2)21-9-16(12)27-17-11-26-18-15(10-25-19(17)18)23-20(24)22-14-6-4-3-5-7-14/h8-9,14-15,17-19H,3-7,10-11H2,1-2H3,(H2,22,23,24)/t15-,17-,18+,19+/m0/s1. The quantitative estimate of drug-likeness (QED) is 0.826. The third kappa shape index (κ3) is 4.41. The monoisotopic (exact) mass is 391 g/mol. The van der Waals surface area contributed by atoms with Crippen molar-refractivity contribution in [2.24, 2.45) is 0 Å². The number of nitrogens with zero attached hydrogens (tertiary/aromatic N) is 1. The number of aryl methyl sites for hydroxylation is 2. The Bertz CT molecular complexity index is 680. The fourth-order valence-corrected chi connectivity index (χ4v) is 5.50. The average Bonchev–Trinajstić information content (AvgIpc) is 3.22. The molecular weight excluding hydrogens is 362 g/mol. The first-order valence-corrected chi connectivity index (χ1v) is 10.9. The molecule has 148 valence electrons. The van der Waals surface area contributed by atoms with E-state index in [0.29, 0.717) is 19.3 Å². The van der Waals surface area contributed by atoms with E-state index in [9.17, 15) is 4.79 Å². The summed E-state index contributed by atoms with van der Waals surface area (Å²) in [6, 6.07) is 2.24. The molecule has 1 aliphatic carbocycles. The third-order valence-electron chi connectivity index (χ3n) is 5.74. The largest absolute Gasteiger partial charge is 0.372 e. The number of ether oxygens (including phenoxy) is 2. The number of carbonyl (C=O) groups excluding carboxylic acids is 1. The van der Waals surface area contributed by atoms with Gasteiger partial charge in [-0.15, -0.1) is 11.8 Å². The topological polar surface area (TPSA) is 72.5 Å². The molecule has 4 rings (SSSR count). The zero-order valence-corrected chi connectivity index (χ0v) is 16.9. The van der Waals surface area contributed by atoms with Crippen LogP contribution in [-0.2, 0) is 9.47 Å². The highest BCUT2D eigenvalue weighted by molar-refractivity contribution is 8.00. The van der Waals surface area contributed by atoms with E-state index in [0.717, 1.165) is 18.5 Å². The molecule has 6 nitrogen and oxygen atoms in total. The van der Waals surface area contributed by atoms with Crippen molar-refractivity contribution in [2.45, 2.75) is 80.4 Å². The molecule has 1 aromatic rings. The van der Waals surface area contributed by atoms with Crippen LogP contribution in [-0.4, -0.2) is 53.8 Å². The van der Waals surface area contributed by atoms with Gasteiger partial charge in [-0.1, -0.05) is 19.3 Å². The minimum Gasteiger partial charge on any atom is -0.372 e. The molecule has 0 spiro atoms. The third-order valence-corrected chi connectivity index (χ3v) is 7.13. The van der Waals surface area contributed by atoms with E-state index in [1.807, 2.05) is 13.1 Å². The van der Waals surface area contributed by atoms with E-state index in [1.165, 1.54) is 29.7 Å². The lowest BCUT2D eigenvalue weighted by molar-refractivity contribution is 0.0693. The van der Waals surface area contributed by atoms with Gasteiger partial charge in [-0.25, -0.2) is 4.79 Å². The summed E-state index contributed by atoms with van der Waals surface area (Å²) in [5.41, 5.74) is 2.26. The number of nitrogens with one attached hydrogen (secondary N) is 2. The molecule has 0 bridgehead atoms. The average molecular weight is 392 g/mol. The number of amides is 2. The number of aromatic nitrogens is 1. The van der Waals surface area contributed by atoms with E-state index in [2.05, 4.69) is 28.6 Å². The molecule has 0 unspecified atom stereocenters. The summed E-state index contributed by atoms with van der Waals surface area (Å²) >= 11 is 1.77. The minimum absolute atomic E-state index is 0.00989. The number of pyridine rings is 1. The molecule has 2 aliphatic heterocycles. The van der Waals surface area contributed by atoms with E-state index < -0.39 is 0 Å². The molecule has 1 aromatic heterocycles. The summed E-state index contributed by atoms with van der Waals surface area (Å²) < 4.78 is 12.0. The molecule has 4 atom stereocenters. The van der Waals surface area contributed by atoms with Crippen molar-refractivity contribution < 1.29 is 14.3 Å². The molecular formula is C20H29N3O3S. The van der Waals surface area contributed by atoms with Gasteiger partial charge in [-0.2, -0.15) is 0 Å². The first-order valence-electron chi connectivity index (χ1n) is 10.0. The van der Waals surface area contributed by atoms with Crippen LogP contribution in [0, 0.1) is 13.8 Å². The van der Waals surface area contributed by atoms with Gasteiger partial charge in [-0.3, -0.25) is 4.98 Å². The number of hydrogen-bond acceptors (Lipinski definition) is 5. The van der Waals surface area contributed by atoms with Crippen LogP contribution in [0.2, 0.25) is 0 Å². The summed E-state index contributed by atoms with van der Waals surface area (Å²) in [6.07, 6.45) is 7.73. The van der Waals surface area contributed by atoms with Gasteiger partial charge in [0.1, 0.15) is 12.2 Å². The Hall–Kier alpha value is -1.31. The summed E-state index contributed by atoms with van der Waals surface area (Å²) in [5, 5.41) is 6.42. The van der Waals surface area contributed by atoms with E-state index in [-0.39, 0.29) is 29.5 Å². The summed E-state index contributed by atoms with van der Waals surface area (Å²) in [6.45, 7) is 5.26. The highest BCUT2D eigenvalue weighted by Gasteiger charge is 2.48. The molecule has 27 heavy (non-hydrogen) atoms. The van der Waals surface area contributed by atoms with Crippen molar-refractivity contribution in [1.29, 1.82) is 0 Å². The predicted octanol–water partition coefficient (Wildman–Crippen LogP) is 2.96. The molecule has 0 aromatic carbocycles. The fraction of sp³-hybridized carbons (Fsp3) is 0.700. The molecule has 7 heteroatoms. The second kappa shape index (κ2) is 8.37. The maximum Gasteiger partial charge on any atom is 0.315 e. The molecule has 2 N–H and O–H groups in total. The second-order valence-electron chi connectivity index (χ2n) is 7.90. The Balaban J connectivity index is 1.31. The van der Waals surface area contributed by atoms with Crippen LogP contribution in [0.3, 0.4) is 0 Å². The van der Waals surface area contributed by atoms with Crippen molar-refractivity contribution in [2.75, 3.05) is 13.2 Å². The number of rotatable bonds is 4. The van der Waals surface area contributed by atoms with Gasteiger partial charge in [0.15, 0.2) is 0 Å². The number of urea groups is 1. The van der Waals surface area contributed by atoms with Gasteiger partial charge < -0.3 is 20.1 Å². The number of fused-ring (bicyclic) bond motifs is 1. The number of thioether (sulfide) groups is 1. The van der Waals surface area contributed by atoms with Crippen molar-refractivity contribution in [3.8, 4) is 0 Å². The van der Waals surface area contributed by atoms with Crippen LogP contribution in [0.4, 0.5) is 4.79 Å². The zero-order chi connectivity index (χ0) is 18.8. The highest BCUT2D eigenvalue weighted by atomic mass is 32.2. The van der Waals surface area contributed by atoms with Crippen molar-refractivity contribution >= 4 is 17.8 Å². The van der Waals surface area contributed by atoms with Gasteiger partial charge in [0.25, 0.3) is 0 Å². The van der Waals surface area contributed by atoms with Gasteiger partial charge in [0.05, 0.1) is 24.5 Å². The first-order chi connectivity index (χ1) is 13.1. The van der Waals surface area contributed by atoms with E-state index in [4.69, 9.17) is 9.47 Å². The smallest absolute Gasteiger partial charge is 0.315 e. The summed E-state index contributed by atoms with van der Waals surface area (Å²) in [4.78, 5) is 17.9. The van der Waals surface area contributed by atoms with Crippen LogP contribution < -0.4 is 10.6 Å². The highest BCUT2D eigenvalue weighted by Crippen LogP contribution is 2.38. The van der Waals surface area contributed by atoms with Crippen molar-refractivity contribution in [3.05, 3.63) is 23.5 Å². The maximum atomic E-state index is 12.4. The lowest BCUT2D eigenvalue weighted by atomic mass is 9.96. The Morgan fingerprint density at radius 1 is 1.11 bits per heavy atom. The lowest BCUT2D eigenvalue weighted by Gasteiger charge is -2.24. The molecule has 2 saturated heterocycles. The second-order valence-corrected chi connectivity index (χ2v) is 9.18. The van der Waals surface area contributed by atoms with Gasteiger partial charge in [-0.05, 0) is 38.3 Å². The van der Waals surface area contributed by atoms with Crippen molar-refractivity contribution in [3.63, 3.8) is 0 Å². The van der Waals surface area contributed by atoms with E-state index >= 15 is 0 Å². The maximum absolute atomic E-state index is 12.4. The van der Waals surface area contributed by atoms with Crippen LogP contribution >= 0.6 is 11.8 Å². The first kappa shape index (κ1) is 19.0. The number of carbonyl (C=O) groups is 1. The predicted molar refractivity (Wildman–Crippen MR) is 105 cm³/mol. The molecule has 2 amide bonds. The molecule has 3 heterocycles. The Labute approximate surface area is 165 Å². The zero-order valence-electron chi connectivity index (χ0n) is 16.1. The SMILES string of the molecule is Cc1cc(C)c(S[C@H]2CO[C@H]3[C@@H]2OC[C@@H]3NC(=O)NC2CCCCC2)cn1. The lowest BCUT2D eigenvalue weighted by Crippen LogP contribution is -2.51. The Morgan fingerprint density at radius 3 is 2.67 bits per heavy atom. The minimum atomic E-state index is -0.0885.